The molecule has 4 rings (SSSR count). The van der Waals surface area contributed by atoms with Gasteiger partial charge in [0.2, 0.25) is 5.91 Å². The molecule has 30 heavy (non-hydrogen) atoms. The maximum absolute atomic E-state index is 12.6. The molecule has 0 saturated carbocycles. The number of carbonyl (C=O) groups is 3. The normalized spacial score (nSPS) is 11.6. The number of ketones is 1. The molecule has 0 radical (unpaired) electrons. The summed E-state index contributed by atoms with van der Waals surface area (Å²) in [6, 6.07) is 20.1. The summed E-state index contributed by atoms with van der Waals surface area (Å²) in [7, 11) is 0. The summed E-state index contributed by atoms with van der Waals surface area (Å²) in [6.45, 7) is 2.31. The summed E-state index contributed by atoms with van der Waals surface area (Å²) >= 11 is 0. The number of hydrogen-bond donors (Lipinski definition) is 2. The first-order valence-corrected chi connectivity index (χ1v) is 10.0. The topological polar surface area (TPSA) is 75.3 Å². The Kier molecular flexibility index (Phi) is 5.44. The first-order valence-electron chi connectivity index (χ1n) is 10.0. The van der Waals surface area contributed by atoms with Crippen LogP contribution in [0.5, 0.6) is 0 Å². The molecular formula is C25H22N2O3. The molecule has 0 aliphatic heterocycles. The molecule has 3 aromatic carbocycles. The molecule has 0 bridgehead atoms. The van der Waals surface area contributed by atoms with Gasteiger partial charge in [-0.15, -0.1) is 0 Å². The zero-order valence-electron chi connectivity index (χ0n) is 16.7. The molecule has 1 aliphatic carbocycles. The Balaban J connectivity index is 1.41. The number of benzene rings is 3. The second kappa shape index (κ2) is 8.33. The average Bonchev–Trinajstić information content (AvgIpc) is 3.05. The number of amides is 2. The molecule has 5 nitrogen and oxygen atoms in total. The van der Waals surface area contributed by atoms with Gasteiger partial charge in [-0.3, -0.25) is 14.4 Å². The van der Waals surface area contributed by atoms with Gasteiger partial charge in [-0.1, -0.05) is 49.4 Å². The summed E-state index contributed by atoms with van der Waals surface area (Å²) in [5.41, 5.74) is 5.13. The molecule has 0 aromatic heterocycles. The minimum absolute atomic E-state index is 0.00754. The molecule has 2 N–H and O–H groups in total. The van der Waals surface area contributed by atoms with Crippen LogP contribution in [-0.4, -0.2) is 17.6 Å². The van der Waals surface area contributed by atoms with Crippen molar-refractivity contribution in [1.82, 2.24) is 5.32 Å². The Morgan fingerprint density at radius 1 is 0.833 bits per heavy atom. The van der Waals surface area contributed by atoms with Gasteiger partial charge < -0.3 is 10.6 Å². The van der Waals surface area contributed by atoms with Gasteiger partial charge in [-0.05, 0) is 47.4 Å². The Hall–Kier alpha value is -3.73. The lowest BCUT2D eigenvalue weighted by Crippen LogP contribution is -2.23. The third kappa shape index (κ3) is 3.87. The van der Waals surface area contributed by atoms with Crippen molar-refractivity contribution in [1.29, 1.82) is 0 Å². The molecule has 0 heterocycles. The first kappa shape index (κ1) is 19.6. The van der Waals surface area contributed by atoms with Gasteiger partial charge in [0.25, 0.3) is 5.91 Å². The molecule has 0 fully saturated rings. The van der Waals surface area contributed by atoms with Gasteiger partial charge >= 0.3 is 0 Å². The van der Waals surface area contributed by atoms with Gasteiger partial charge in [0.1, 0.15) is 0 Å². The molecular weight excluding hydrogens is 376 g/mol. The Morgan fingerprint density at radius 2 is 1.53 bits per heavy atom. The van der Waals surface area contributed by atoms with Crippen molar-refractivity contribution in [3.05, 3.63) is 89.0 Å². The summed E-state index contributed by atoms with van der Waals surface area (Å²) in [6.07, 6.45) is 1.29. The van der Waals surface area contributed by atoms with E-state index in [9.17, 15) is 14.4 Å². The average molecular weight is 398 g/mol. The number of carbonyl (C=O) groups excluding carboxylic acids is 3. The van der Waals surface area contributed by atoms with Gasteiger partial charge in [-0.25, -0.2) is 0 Å². The van der Waals surface area contributed by atoms with Crippen molar-refractivity contribution < 1.29 is 14.4 Å². The van der Waals surface area contributed by atoms with E-state index in [0.29, 0.717) is 29.7 Å². The molecule has 0 atom stereocenters. The summed E-state index contributed by atoms with van der Waals surface area (Å²) < 4.78 is 0. The van der Waals surface area contributed by atoms with E-state index in [4.69, 9.17) is 0 Å². The van der Waals surface area contributed by atoms with Crippen molar-refractivity contribution in [3.63, 3.8) is 0 Å². The van der Waals surface area contributed by atoms with Gasteiger partial charge in [-0.2, -0.15) is 0 Å². The Bertz CT molecular complexity index is 1130. The second-order valence-electron chi connectivity index (χ2n) is 7.31. The highest BCUT2D eigenvalue weighted by Gasteiger charge is 2.26. The van der Waals surface area contributed by atoms with E-state index in [1.54, 1.807) is 12.1 Å². The third-order valence-electron chi connectivity index (χ3n) is 5.16. The molecule has 3 aromatic rings. The zero-order chi connectivity index (χ0) is 21.1. The van der Waals surface area contributed by atoms with Gasteiger partial charge in [0.05, 0.1) is 0 Å². The van der Waals surface area contributed by atoms with Crippen LogP contribution in [0.25, 0.3) is 11.1 Å². The largest absolute Gasteiger partial charge is 0.348 e. The molecule has 5 heteroatoms. The Morgan fingerprint density at radius 3 is 2.27 bits per heavy atom. The SMILES string of the molecule is CCCC(=O)Nc1ccc(CNC(=O)c2ccc3c(c2)C(=O)c2ccccc2-3)cc1. The molecule has 0 saturated heterocycles. The van der Waals surface area contributed by atoms with E-state index in [2.05, 4.69) is 10.6 Å². The maximum atomic E-state index is 12.6. The van der Waals surface area contributed by atoms with Crippen LogP contribution < -0.4 is 10.6 Å². The minimum Gasteiger partial charge on any atom is -0.348 e. The van der Waals surface area contributed by atoms with E-state index >= 15 is 0 Å². The van der Waals surface area contributed by atoms with Crippen LogP contribution in [0.1, 0.15) is 51.6 Å². The molecule has 0 unspecified atom stereocenters. The lowest BCUT2D eigenvalue weighted by molar-refractivity contribution is -0.116. The van der Waals surface area contributed by atoms with Gasteiger partial charge in [0, 0.05) is 35.3 Å². The van der Waals surface area contributed by atoms with E-state index in [1.165, 1.54) is 0 Å². The van der Waals surface area contributed by atoms with Crippen LogP contribution in [0, 0.1) is 0 Å². The quantitative estimate of drug-likeness (QED) is 0.500. The van der Waals surface area contributed by atoms with E-state index in [1.807, 2.05) is 61.5 Å². The van der Waals surface area contributed by atoms with Crippen LogP contribution >= 0.6 is 0 Å². The Labute approximate surface area is 175 Å². The van der Waals surface area contributed by atoms with Crippen LogP contribution in [0.2, 0.25) is 0 Å². The predicted molar refractivity (Wildman–Crippen MR) is 116 cm³/mol. The number of anilines is 1. The summed E-state index contributed by atoms with van der Waals surface area (Å²) in [5.74, 6) is -0.287. The second-order valence-corrected chi connectivity index (χ2v) is 7.31. The predicted octanol–water partition coefficient (Wildman–Crippen LogP) is 4.57. The minimum atomic E-state index is -0.234. The maximum Gasteiger partial charge on any atom is 0.251 e. The fourth-order valence-electron chi connectivity index (χ4n) is 3.61. The van der Waals surface area contributed by atoms with Crippen molar-refractivity contribution in [2.75, 3.05) is 5.32 Å². The lowest BCUT2D eigenvalue weighted by atomic mass is 10.0. The van der Waals surface area contributed by atoms with Crippen molar-refractivity contribution in [3.8, 4) is 11.1 Å². The zero-order valence-corrected chi connectivity index (χ0v) is 16.7. The monoisotopic (exact) mass is 398 g/mol. The smallest absolute Gasteiger partial charge is 0.251 e. The van der Waals surface area contributed by atoms with Crippen LogP contribution in [-0.2, 0) is 11.3 Å². The van der Waals surface area contributed by atoms with Crippen LogP contribution in [0.3, 0.4) is 0 Å². The van der Waals surface area contributed by atoms with Crippen molar-refractivity contribution in [2.45, 2.75) is 26.3 Å². The highest BCUT2D eigenvalue weighted by molar-refractivity contribution is 6.22. The van der Waals surface area contributed by atoms with Gasteiger partial charge in [0.15, 0.2) is 5.78 Å². The standard InChI is InChI=1S/C25H22N2O3/c1-2-5-23(28)27-18-11-8-16(9-12-18)15-26-25(30)17-10-13-20-19-6-3-4-7-21(19)24(29)22(20)14-17/h3-4,6-14H,2,5,15H2,1H3,(H,26,30)(H,27,28). The molecule has 0 spiro atoms. The van der Waals surface area contributed by atoms with E-state index in [-0.39, 0.29) is 17.6 Å². The number of rotatable bonds is 6. The van der Waals surface area contributed by atoms with Crippen LogP contribution in [0.4, 0.5) is 5.69 Å². The fraction of sp³-hybridized carbons (Fsp3) is 0.160. The first-order chi connectivity index (χ1) is 14.6. The highest BCUT2D eigenvalue weighted by atomic mass is 16.2. The number of nitrogens with one attached hydrogen (secondary N) is 2. The molecule has 2 amide bonds. The van der Waals surface area contributed by atoms with Crippen LogP contribution in [0.15, 0.2) is 66.7 Å². The van der Waals surface area contributed by atoms with E-state index < -0.39 is 0 Å². The van der Waals surface area contributed by atoms with Crippen molar-refractivity contribution in [2.24, 2.45) is 0 Å². The number of hydrogen-bond acceptors (Lipinski definition) is 3. The summed E-state index contributed by atoms with van der Waals surface area (Å²) in [5, 5.41) is 5.72. The van der Waals surface area contributed by atoms with E-state index in [0.717, 1.165) is 28.8 Å². The number of fused-ring (bicyclic) bond motifs is 3. The fourth-order valence-corrected chi connectivity index (χ4v) is 3.61. The summed E-state index contributed by atoms with van der Waals surface area (Å²) in [4.78, 5) is 36.9. The third-order valence-corrected chi connectivity index (χ3v) is 5.16. The molecule has 1 aliphatic rings. The lowest BCUT2D eigenvalue weighted by Gasteiger charge is -2.09. The highest BCUT2D eigenvalue weighted by Crippen LogP contribution is 2.36. The van der Waals surface area contributed by atoms with Crippen molar-refractivity contribution >= 4 is 23.3 Å². The molecule has 150 valence electrons.